The molecule has 0 saturated carbocycles. The lowest BCUT2D eigenvalue weighted by Gasteiger charge is -2.24. The number of halogens is 1. The molecule has 20 heavy (non-hydrogen) atoms. The van der Waals surface area contributed by atoms with E-state index in [1.165, 1.54) is 11.3 Å². The van der Waals surface area contributed by atoms with Crippen molar-refractivity contribution in [2.24, 2.45) is 5.92 Å². The van der Waals surface area contributed by atoms with E-state index in [4.69, 9.17) is 16.3 Å². The Balaban J connectivity index is 1.71. The summed E-state index contributed by atoms with van der Waals surface area (Å²) >= 11 is 7.40. The van der Waals surface area contributed by atoms with Crippen molar-refractivity contribution in [1.82, 2.24) is 4.98 Å². The Hall–Kier alpha value is -1.59. The van der Waals surface area contributed by atoms with Gasteiger partial charge in [-0.2, -0.15) is 0 Å². The highest BCUT2D eigenvalue weighted by atomic mass is 35.5. The minimum absolute atomic E-state index is 0.0648. The fourth-order valence-corrected chi connectivity index (χ4v) is 3.04. The van der Waals surface area contributed by atoms with E-state index in [0.717, 1.165) is 17.0 Å². The summed E-state index contributed by atoms with van der Waals surface area (Å²) in [4.78, 5) is 16.4. The summed E-state index contributed by atoms with van der Waals surface area (Å²) in [6.07, 6.45) is 0.631. The van der Waals surface area contributed by atoms with E-state index in [1.54, 1.807) is 6.07 Å². The van der Waals surface area contributed by atoms with Crippen molar-refractivity contribution in [3.05, 3.63) is 39.9 Å². The fraction of sp³-hybridized carbons (Fsp3) is 0.286. The molecule has 0 aliphatic carbocycles. The second-order valence-electron chi connectivity index (χ2n) is 4.75. The highest BCUT2D eigenvalue weighted by Crippen LogP contribution is 2.30. The van der Waals surface area contributed by atoms with Gasteiger partial charge in [-0.25, -0.2) is 4.98 Å². The number of nitrogens with zero attached hydrogens (tertiary/aromatic N) is 1. The van der Waals surface area contributed by atoms with Gasteiger partial charge >= 0.3 is 0 Å². The van der Waals surface area contributed by atoms with E-state index in [0.29, 0.717) is 23.2 Å². The first-order valence-electron chi connectivity index (χ1n) is 6.26. The number of carbonyl (C=O) groups excluding carboxylic acids is 1. The van der Waals surface area contributed by atoms with Crippen molar-refractivity contribution in [1.29, 1.82) is 0 Å². The maximum atomic E-state index is 12.2. The van der Waals surface area contributed by atoms with Crippen LogP contribution in [0, 0.1) is 12.8 Å². The minimum Gasteiger partial charge on any atom is -0.492 e. The van der Waals surface area contributed by atoms with Gasteiger partial charge in [0.25, 0.3) is 0 Å². The summed E-state index contributed by atoms with van der Waals surface area (Å²) in [5.74, 6) is 0.527. The quantitative estimate of drug-likeness (QED) is 0.926. The van der Waals surface area contributed by atoms with Crippen molar-refractivity contribution in [3.63, 3.8) is 0 Å². The number of anilines is 1. The zero-order valence-electron chi connectivity index (χ0n) is 10.9. The average Bonchev–Trinajstić information content (AvgIpc) is 2.83. The summed E-state index contributed by atoms with van der Waals surface area (Å²) in [6.45, 7) is 2.28. The highest BCUT2D eigenvalue weighted by molar-refractivity contribution is 7.13. The molecule has 0 fully saturated rings. The molecule has 1 N–H and O–H groups in total. The third-order valence-electron chi connectivity index (χ3n) is 3.15. The number of aromatic nitrogens is 1. The Labute approximate surface area is 125 Å². The summed E-state index contributed by atoms with van der Waals surface area (Å²) in [7, 11) is 0. The Morgan fingerprint density at radius 1 is 1.55 bits per heavy atom. The lowest BCUT2D eigenvalue weighted by molar-refractivity contribution is -0.121. The Morgan fingerprint density at radius 3 is 3.15 bits per heavy atom. The monoisotopic (exact) mass is 308 g/mol. The highest BCUT2D eigenvalue weighted by Gasteiger charge is 2.26. The predicted octanol–water partition coefficient (Wildman–Crippen LogP) is 3.29. The zero-order chi connectivity index (χ0) is 14.1. The number of thiazole rings is 1. The topological polar surface area (TPSA) is 51.2 Å². The Kier molecular flexibility index (Phi) is 3.63. The largest absolute Gasteiger partial charge is 0.492 e. The Morgan fingerprint density at radius 2 is 2.40 bits per heavy atom. The predicted molar refractivity (Wildman–Crippen MR) is 79.6 cm³/mol. The second-order valence-corrected chi connectivity index (χ2v) is 6.04. The molecule has 1 aromatic heterocycles. The Bertz CT molecular complexity index is 656. The van der Waals surface area contributed by atoms with E-state index in [9.17, 15) is 4.79 Å². The van der Waals surface area contributed by atoms with E-state index in [1.807, 2.05) is 24.4 Å². The van der Waals surface area contributed by atoms with Crippen molar-refractivity contribution in [2.45, 2.75) is 13.3 Å². The van der Waals surface area contributed by atoms with Gasteiger partial charge < -0.3 is 10.1 Å². The smallest absolute Gasteiger partial charge is 0.233 e. The second kappa shape index (κ2) is 5.42. The molecule has 0 radical (unpaired) electrons. The van der Waals surface area contributed by atoms with Crippen LogP contribution in [0.25, 0.3) is 0 Å². The number of aryl methyl sites for hydroxylation is 1. The number of rotatable bonds is 2. The standard InChI is InChI=1S/C14H13ClN2O2S/c1-8-7-20-14(16-8)17-13(18)10-4-9-5-11(15)2-3-12(9)19-6-10/h2-3,5,7,10H,4,6H2,1H3,(H,16,17,18)/t10-/m0/s1. The zero-order valence-corrected chi connectivity index (χ0v) is 12.4. The molecule has 1 aliphatic rings. The van der Waals surface area contributed by atoms with Gasteiger partial charge in [-0.05, 0) is 37.1 Å². The van der Waals surface area contributed by atoms with Gasteiger partial charge in [0.15, 0.2) is 5.13 Å². The van der Waals surface area contributed by atoms with Crippen LogP contribution in [0.4, 0.5) is 5.13 Å². The third kappa shape index (κ3) is 2.78. The molecule has 0 spiro atoms. The maximum Gasteiger partial charge on any atom is 0.233 e. The minimum atomic E-state index is -0.217. The van der Waals surface area contributed by atoms with Crippen molar-refractivity contribution in [2.75, 3.05) is 11.9 Å². The summed E-state index contributed by atoms with van der Waals surface area (Å²) in [5.41, 5.74) is 1.88. The van der Waals surface area contributed by atoms with Crippen LogP contribution in [0.2, 0.25) is 5.02 Å². The SMILES string of the molecule is Cc1csc(NC(=O)[C@@H]2COc3ccc(Cl)cc3C2)n1. The molecule has 2 heterocycles. The number of amides is 1. The molecule has 1 aliphatic heterocycles. The number of ether oxygens (including phenoxy) is 1. The van der Waals surface area contributed by atoms with Gasteiger partial charge in [-0.1, -0.05) is 11.6 Å². The van der Waals surface area contributed by atoms with Crippen molar-refractivity contribution >= 4 is 34.0 Å². The first kappa shape index (κ1) is 13.4. The molecule has 3 rings (SSSR count). The van der Waals surface area contributed by atoms with Crippen LogP contribution < -0.4 is 10.1 Å². The normalized spacial score (nSPS) is 17.2. The number of benzene rings is 1. The fourth-order valence-electron chi connectivity index (χ4n) is 2.15. The van der Waals surface area contributed by atoms with Gasteiger partial charge in [-0.15, -0.1) is 11.3 Å². The lowest BCUT2D eigenvalue weighted by Crippen LogP contribution is -2.32. The number of carbonyl (C=O) groups is 1. The maximum absolute atomic E-state index is 12.2. The van der Waals surface area contributed by atoms with Crippen LogP contribution in [-0.2, 0) is 11.2 Å². The number of hydrogen-bond acceptors (Lipinski definition) is 4. The summed E-state index contributed by atoms with van der Waals surface area (Å²) in [6, 6.07) is 5.49. The van der Waals surface area contributed by atoms with Crippen LogP contribution >= 0.6 is 22.9 Å². The van der Waals surface area contributed by atoms with Gasteiger partial charge in [0, 0.05) is 10.4 Å². The van der Waals surface area contributed by atoms with Crippen molar-refractivity contribution in [3.8, 4) is 5.75 Å². The van der Waals surface area contributed by atoms with Crippen molar-refractivity contribution < 1.29 is 9.53 Å². The third-order valence-corrected chi connectivity index (χ3v) is 4.26. The van der Waals surface area contributed by atoms with E-state index in [2.05, 4.69) is 10.3 Å². The summed E-state index contributed by atoms with van der Waals surface area (Å²) in [5, 5.41) is 6.02. The number of hydrogen-bond donors (Lipinski definition) is 1. The van der Waals surface area contributed by atoms with Gasteiger partial charge in [-0.3, -0.25) is 4.79 Å². The summed E-state index contributed by atoms with van der Waals surface area (Å²) < 4.78 is 5.62. The number of nitrogens with one attached hydrogen (secondary N) is 1. The van der Waals surface area contributed by atoms with Crippen LogP contribution in [0.5, 0.6) is 5.75 Å². The van der Waals surface area contributed by atoms with Crippen LogP contribution in [0.1, 0.15) is 11.3 Å². The first-order chi connectivity index (χ1) is 9.61. The van der Waals surface area contributed by atoms with Crippen LogP contribution in [-0.4, -0.2) is 17.5 Å². The molecule has 0 saturated heterocycles. The molecule has 1 amide bonds. The van der Waals surface area contributed by atoms with E-state index >= 15 is 0 Å². The molecule has 4 nitrogen and oxygen atoms in total. The first-order valence-corrected chi connectivity index (χ1v) is 7.52. The van der Waals surface area contributed by atoms with Gasteiger partial charge in [0.1, 0.15) is 12.4 Å². The van der Waals surface area contributed by atoms with E-state index < -0.39 is 0 Å². The molecule has 0 unspecified atom stereocenters. The van der Waals surface area contributed by atoms with E-state index in [-0.39, 0.29) is 11.8 Å². The number of fused-ring (bicyclic) bond motifs is 1. The molecule has 104 valence electrons. The average molecular weight is 309 g/mol. The molecule has 2 aromatic rings. The molecule has 1 aromatic carbocycles. The van der Waals surface area contributed by atoms with Gasteiger partial charge in [0.05, 0.1) is 11.6 Å². The molecular formula is C14H13ClN2O2S. The molecular weight excluding hydrogens is 296 g/mol. The molecule has 0 bridgehead atoms. The van der Waals surface area contributed by atoms with Crippen LogP contribution in [0.15, 0.2) is 23.6 Å². The molecule has 1 atom stereocenters. The molecule has 6 heteroatoms. The van der Waals surface area contributed by atoms with Crippen LogP contribution in [0.3, 0.4) is 0 Å². The van der Waals surface area contributed by atoms with Gasteiger partial charge in [0.2, 0.25) is 5.91 Å². The lowest BCUT2D eigenvalue weighted by atomic mass is 9.96.